The maximum atomic E-state index is 12.0. The third-order valence-corrected chi connectivity index (χ3v) is 4.14. The number of rotatable bonds is 3. The highest BCUT2D eigenvalue weighted by Crippen LogP contribution is 2.26. The van der Waals surface area contributed by atoms with Crippen molar-refractivity contribution in [3.8, 4) is 0 Å². The van der Waals surface area contributed by atoms with E-state index in [0.717, 1.165) is 23.1 Å². The summed E-state index contributed by atoms with van der Waals surface area (Å²) in [6, 6.07) is 7.80. The molecule has 19 heavy (non-hydrogen) atoms. The predicted octanol–water partition coefficient (Wildman–Crippen LogP) is 1.74. The smallest absolute Gasteiger partial charge is 0.255 e. The molecule has 0 aliphatic carbocycles. The molecule has 0 saturated carbocycles. The Bertz CT molecular complexity index is 565. The zero-order valence-corrected chi connectivity index (χ0v) is 11.2. The van der Waals surface area contributed by atoms with Gasteiger partial charge in [-0.2, -0.15) is 0 Å². The Hall–Kier alpha value is -1.50. The Morgan fingerprint density at radius 2 is 2.32 bits per heavy atom. The summed E-state index contributed by atoms with van der Waals surface area (Å²) in [5.74, 6) is -0.130. The van der Waals surface area contributed by atoms with E-state index in [2.05, 4.69) is 10.3 Å². The molecule has 6 heteroatoms. The minimum atomic E-state index is -0.402. The molecular weight excluding hydrogens is 262 g/mol. The van der Waals surface area contributed by atoms with E-state index in [4.69, 9.17) is 10.5 Å². The van der Waals surface area contributed by atoms with Gasteiger partial charge in [0, 0.05) is 6.54 Å². The van der Waals surface area contributed by atoms with Crippen LogP contribution in [0.15, 0.2) is 24.3 Å². The molecule has 1 fully saturated rings. The average Bonchev–Trinajstić information content (AvgIpc) is 3.04. The molecule has 1 aromatic carbocycles. The first-order valence-electron chi connectivity index (χ1n) is 6.28. The van der Waals surface area contributed by atoms with Crippen LogP contribution in [0.25, 0.3) is 10.2 Å². The summed E-state index contributed by atoms with van der Waals surface area (Å²) in [4.78, 5) is 16.4. The summed E-state index contributed by atoms with van der Waals surface area (Å²) in [5, 5.41) is 3.44. The SMILES string of the molecule is NC[C@H]1CC[C@@H](C(=O)Nc2nc3ccccc3s2)O1. The van der Waals surface area contributed by atoms with Crippen LogP contribution < -0.4 is 11.1 Å². The second kappa shape index (κ2) is 5.24. The number of carbonyl (C=O) groups excluding carboxylic acids is 1. The average molecular weight is 277 g/mol. The van der Waals surface area contributed by atoms with E-state index in [1.165, 1.54) is 11.3 Å². The molecule has 1 saturated heterocycles. The number of hydrogen-bond donors (Lipinski definition) is 2. The van der Waals surface area contributed by atoms with E-state index >= 15 is 0 Å². The highest BCUT2D eigenvalue weighted by molar-refractivity contribution is 7.22. The van der Waals surface area contributed by atoms with Gasteiger partial charge < -0.3 is 10.5 Å². The number of thiazole rings is 1. The zero-order chi connectivity index (χ0) is 13.2. The molecule has 1 aliphatic heterocycles. The molecule has 0 unspecified atom stereocenters. The van der Waals surface area contributed by atoms with Gasteiger partial charge in [-0.15, -0.1) is 0 Å². The Labute approximate surface area is 114 Å². The molecule has 2 aromatic rings. The summed E-state index contributed by atoms with van der Waals surface area (Å²) < 4.78 is 6.62. The summed E-state index contributed by atoms with van der Waals surface area (Å²) in [5.41, 5.74) is 6.43. The van der Waals surface area contributed by atoms with Gasteiger partial charge in [-0.25, -0.2) is 4.98 Å². The van der Waals surface area contributed by atoms with E-state index < -0.39 is 6.10 Å². The lowest BCUT2D eigenvalue weighted by molar-refractivity contribution is -0.126. The van der Waals surface area contributed by atoms with Gasteiger partial charge in [-0.1, -0.05) is 23.5 Å². The first-order chi connectivity index (χ1) is 9.26. The van der Waals surface area contributed by atoms with Crippen molar-refractivity contribution in [3.63, 3.8) is 0 Å². The van der Waals surface area contributed by atoms with Crippen LogP contribution in [0.2, 0.25) is 0 Å². The number of benzene rings is 1. The third-order valence-electron chi connectivity index (χ3n) is 3.19. The molecule has 3 N–H and O–H groups in total. The van der Waals surface area contributed by atoms with E-state index in [9.17, 15) is 4.79 Å². The van der Waals surface area contributed by atoms with Crippen LogP contribution in [-0.2, 0) is 9.53 Å². The fourth-order valence-corrected chi connectivity index (χ4v) is 3.05. The standard InChI is InChI=1S/C13H15N3O2S/c14-7-8-5-6-10(18-8)12(17)16-13-15-9-3-1-2-4-11(9)19-13/h1-4,8,10H,5-7,14H2,(H,15,16,17)/t8-,10+/m1/s1. The maximum Gasteiger partial charge on any atom is 0.255 e. The van der Waals surface area contributed by atoms with Crippen LogP contribution in [-0.4, -0.2) is 29.6 Å². The number of fused-ring (bicyclic) bond motifs is 1. The molecule has 5 nitrogen and oxygen atoms in total. The highest BCUT2D eigenvalue weighted by Gasteiger charge is 2.30. The van der Waals surface area contributed by atoms with E-state index in [1.807, 2.05) is 24.3 Å². The lowest BCUT2D eigenvalue weighted by Crippen LogP contribution is -2.29. The van der Waals surface area contributed by atoms with Gasteiger partial charge in [0.1, 0.15) is 6.10 Å². The van der Waals surface area contributed by atoms with Crippen molar-refractivity contribution in [2.45, 2.75) is 25.0 Å². The molecule has 0 spiro atoms. The second-order valence-electron chi connectivity index (χ2n) is 4.54. The highest BCUT2D eigenvalue weighted by atomic mass is 32.1. The minimum Gasteiger partial charge on any atom is -0.364 e. The van der Waals surface area contributed by atoms with Crippen LogP contribution >= 0.6 is 11.3 Å². The van der Waals surface area contributed by atoms with Gasteiger partial charge in [-0.05, 0) is 25.0 Å². The first-order valence-corrected chi connectivity index (χ1v) is 7.10. The molecule has 100 valence electrons. The number of para-hydroxylation sites is 1. The van der Waals surface area contributed by atoms with Crippen molar-refractivity contribution < 1.29 is 9.53 Å². The van der Waals surface area contributed by atoms with Crippen LogP contribution in [0.3, 0.4) is 0 Å². The molecule has 1 amide bonds. The Balaban J connectivity index is 1.69. The van der Waals surface area contributed by atoms with Gasteiger partial charge in [0.2, 0.25) is 0 Å². The van der Waals surface area contributed by atoms with Crippen LogP contribution in [0.4, 0.5) is 5.13 Å². The van der Waals surface area contributed by atoms with E-state index in [0.29, 0.717) is 11.7 Å². The van der Waals surface area contributed by atoms with E-state index in [-0.39, 0.29) is 12.0 Å². The maximum absolute atomic E-state index is 12.0. The Morgan fingerprint density at radius 1 is 1.47 bits per heavy atom. The normalized spacial score (nSPS) is 22.8. The van der Waals surface area contributed by atoms with Gasteiger partial charge in [0.15, 0.2) is 5.13 Å². The van der Waals surface area contributed by atoms with Gasteiger partial charge in [-0.3, -0.25) is 10.1 Å². The number of hydrogen-bond acceptors (Lipinski definition) is 5. The van der Waals surface area contributed by atoms with E-state index in [1.54, 1.807) is 0 Å². The van der Waals surface area contributed by atoms with Crippen molar-refractivity contribution in [2.75, 3.05) is 11.9 Å². The summed E-state index contributed by atoms with van der Waals surface area (Å²) in [6.45, 7) is 0.463. The Kier molecular flexibility index (Phi) is 3.46. The van der Waals surface area contributed by atoms with Crippen molar-refractivity contribution in [3.05, 3.63) is 24.3 Å². The molecule has 2 heterocycles. The number of aromatic nitrogens is 1. The number of anilines is 1. The molecule has 0 radical (unpaired) electrons. The molecule has 1 aromatic heterocycles. The predicted molar refractivity (Wildman–Crippen MR) is 75.2 cm³/mol. The lowest BCUT2D eigenvalue weighted by Gasteiger charge is -2.10. The molecular formula is C13H15N3O2S. The van der Waals surface area contributed by atoms with Gasteiger partial charge in [0.25, 0.3) is 5.91 Å². The van der Waals surface area contributed by atoms with Crippen molar-refractivity contribution in [2.24, 2.45) is 5.73 Å². The number of ether oxygens (including phenoxy) is 1. The van der Waals surface area contributed by atoms with Crippen molar-refractivity contribution >= 4 is 32.6 Å². The van der Waals surface area contributed by atoms with Crippen LogP contribution in [0.1, 0.15) is 12.8 Å². The number of nitrogens with one attached hydrogen (secondary N) is 1. The second-order valence-corrected chi connectivity index (χ2v) is 5.57. The fourth-order valence-electron chi connectivity index (χ4n) is 2.18. The third kappa shape index (κ3) is 2.60. The number of nitrogens with two attached hydrogens (primary N) is 1. The fraction of sp³-hybridized carbons (Fsp3) is 0.385. The number of nitrogens with zero attached hydrogens (tertiary/aromatic N) is 1. The van der Waals surface area contributed by atoms with Crippen LogP contribution in [0.5, 0.6) is 0 Å². The monoisotopic (exact) mass is 277 g/mol. The van der Waals surface area contributed by atoms with Crippen molar-refractivity contribution in [1.82, 2.24) is 4.98 Å². The molecule has 3 rings (SSSR count). The van der Waals surface area contributed by atoms with Crippen molar-refractivity contribution in [1.29, 1.82) is 0 Å². The largest absolute Gasteiger partial charge is 0.364 e. The first kappa shape index (κ1) is 12.5. The molecule has 2 atom stereocenters. The number of carbonyl (C=O) groups is 1. The number of amides is 1. The van der Waals surface area contributed by atoms with Crippen LogP contribution in [0, 0.1) is 0 Å². The zero-order valence-electron chi connectivity index (χ0n) is 10.3. The minimum absolute atomic E-state index is 0.00566. The molecule has 1 aliphatic rings. The topological polar surface area (TPSA) is 77.2 Å². The lowest BCUT2D eigenvalue weighted by atomic mass is 10.2. The summed E-state index contributed by atoms with van der Waals surface area (Å²) >= 11 is 1.47. The quantitative estimate of drug-likeness (QED) is 0.896. The Morgan fingerprint density at radius 3 is 3.05 bits per heavy atom. The van der Waals surface area contributed by atoms with Gasteiger partial charge in [0.05, 0.1) is 16.3 Å². The molecule has 0 bridgehead atoms. The summed E-state index contributed by atoms with van der Waals surface area (Å²) in [7, 11) is 0. The summed E-state index contributed by atoms with van der Waals surface area (Å²) in [6.07, 6.45) is 1.17. The van der Waals surface area contributed by atoms with Gasteiger partial charge >= 0.3 is 0 Å².